The first-order valence-electron chi connectivity index (χ1n) is 8.36. The number of nitrogens with one attached hydrogen (secondary N) is 2. The summed E-state index contributed by atoms with van der Waals surface area (Å²) in [5.41, 5.74) is 1.12. The Kier molecular flexibility index (Phi) is 9.71. The van der Waals surface area contributed by atoms with Crippen molar-refractivity contribution in [3.05, 3.63) is 51.7 Å². The Morgan fingerprint density at radius 2 is 1.81 bits per heavy atom. The maximum absolute atomic E-state index is 12.4. The zero-order valence-corrected chi connectivity index (χ0v) is 20.0. The molecule has 2 rings (SSSR count). The van der Waals surface area contributed by atoms with Crippen LogP contribution >= 0.6 is 35.3 Å². The van der Waals surface area contributed by atoms with Crippen LogP contribution in [0, 0.1) is 13.8 Å². The molecule has 0 radical (unpaired) electrons. The second-order valence-electron chi connectivity index (χ2n) is 6.12. The average Bonchev–Trinajstić information content (AvgIpc) is 2.94. The molecule has 6 nitrogen and oxygen atoms in total. The van der Waals surface area contributed by atoms with Gasteiger partial charge in [0.2, 0.25) is 10.0 Å². The van der Waals surface area contributed by atoms with Crippen molar-refractivity contribution in [3.8, 4) is 0 Å². The van der Waals surface area contributed by atoms with E-state index < -0.39 is 10.0 Å². The van der Waals surface area contributed by atoms with Gasteiger partial charge in [-0.05, 0) is 25.5 Å². The molecule has 0 amide bonds. The number of sulfonamides is 1. The smallest absolute Gasteiger partial charge is 0.241 e. The van der Waals surface area contributed by atoms with Crippen LogP contribution in [-0.4, -0.2) is 46.5 Å². The predicted octanol–water partition coefficient (Wildman–Crippen LogP) is 2.97. The highest BCUT2D eigenvalue weighted by atomic mass is 127. The third-order valence-electron chi connectivity index (χ3n) is 3.66. The first-order valence-corrected chi connectivity index (χ1v) is 10.7. The van der Waals surface area contributed by atoms with Crippen LogP contribution < -0.4 is 10.0 Å². The van der Waals surface area contributed by atoms with E-state index in [1.165, 1.54) is 11.3 Å². The number of guanidine groups is 1. The molecule has 1 heterocycles. The summed E-state index contributed by atoms with van der Waals surface area (Å²) in [4.78, 5) is 8.60. The Balaban J connectivity index is 0.00000364. The Hall–Kier alpha value is -1.17. The van der Waals surface area contributed by atoms with Crippen LogP contribution in [0.3, 0.4) is 0 Å². The molecule has 2 N–H and O–H groups in total. The second-order valence-corrected chi connectivity index (χ2v) is 9.32. The van der Waals surface area contributed by atoms with Crippen LogP contribution in [0.2, 0.25) is 0 Å². The van der Waals surface area contributed by atoms with Gasteiger partial charge in [0.25, 0.3) is 0 Å². The van der Waals surface area contributed by atoms with E-state index >= 15 is 0 Å². The lowest BCUT2D eigenvalue weighted by atomic mass is 10.2. The van der Waals surface area contributed by atoms with Gasteiger partial charge in [0, 0.05) is 36.9 Å². The topological polar surface area (TPSA) is 73.8 Å². The maximum atomic E-state index is 12.4. The summed E-state index contributed by atoms with van der Waals surface area (Å²) in [5, 5.41) is 3.18. The molecule has 9 heteroatoms. The fourth-order valence-electron chi connectivity index (χ4n) is 2.42. The number of halogens is 1. The van der Waals surface area contributed by atoms with E-state index in [4.69, 9.17) is 0 Å². The summed E-state index contributed by atoms with van der Waals surface area (Å²) in [6.45, 7) is 5.04. The molecule has 1 aromatic heterocycles. The van der Waals surface area contributed by atoms with Gasteiger partial charge in [0.1, 0.15) is 0 Å². The molecule has 0 saturated carbocycles. The zero-order valence-electron chi connectivity index (χ0n) is 16.0. The number of rotatable bonds is 7. The summed E-state index contributed by atoms with van der Waals surface area (Å²) in [6, 6.07) is 11.7. The molecule has 150 valence electrons. The minimum Gasteiger partial charge on any atom is -0.355 e. The lowest BCUT2D eigenvalue weighted by Crippen LogP contribution is -2.41. The SMILES string of the molecule is Cc1cc(S(=O)(=O)NCCNC(=NCc2ccccc2)N(C)C)c(C)s1.I. The van der Waals surface area contributed by atoms with Gasteiger partial charge < -0.3 is 10.2 Å². The van der Waals surface area contributed by atoms with E-state index in [0.29, 0.717) is 18.0 Å². The first kappa shape index (κ1) is 23.9. The molecule has 0 aliphatic heterocycles. The summed E-state index contributed by atoms with van der Waals surface area (Å²) < 4.78 is 27.4. The lowest BCUT2D eigenvalue weighted by Gasteiger charge is -2.18. The van der Waals surface area contributed by atoms with Crippen molar-refractivity contribution in [2.75, 3.05) is 27.2 Å². The van der Waals surface area contributed by atoms with E-state index in [1.54, 1.807) is 6.07 Å². The summed E-state index contributed by atoms with van der Waals surface area (Å²) >= 11 is 1.49. The van der Waals surface area contributed by atoms with E-state index in [9.17, 15) is 8.42 Å². The lowest BCUT2D eigenvalue weighted by molar-refractivity contribution is 0.567. The second kappa shape index (κ2) is 11.0. The van der Waals surface area contributed by atoms with Crippen molar-refractivity contribution < 1.29 is 8.42 Å². The number of aliphatic imine (C=N–C) groups is 1. The molecule has 27 heavy (non-hydrogen) atoms. The standard InChI is InChI=1S/C18H26N4O2S2.HI/c1-14-12-17(15(2)25-14)26(23,24)21-11-10-19-18(22(3)4)20-13-16-8-6-5-7-9-16;/h5-9,12,21H,10-11,13H2,1-4H3,(H,19,20);1H. The molecule has 0 atom stereocenters. The number of benzene rings is 1. The highest BCUT2D eigenvalue weighted by molar-refractivity contribution is 14.0. The largest absolute Gasteiger partial charge is 0.355 e. The summed E-state index contributed by atoms with van der Waals surface area (Å²) in [6.07, 6.45) is 0. The Morgan fingerprint density at radius 3 is 2.37 bits per heavy atom. The molecule has 0 saturated heterocycles. The average molecular weight is 522 g/mol. The fraction of sp³-hybridized carbons (Fsp3) is 0.389. The van der Waals surface area contributed by atoms with Gasteiger partial charge in [0.05, 0.1) is 11.4 Å². The summed E-state index contributed by atoms with van der Waals surface area (Å²) in [7, 11) is 0.326. The molecule has 0 fully saturated rings. The van der Waals surface area contributed by atoms with Gasteiger partial charge in [-0.3, -0.25) is 0 Å². The highest BCUT2D eigenvalue weighted by Gasteiger charge is 2.18. The van der Waals surface area contributed by atoms with E-state index in [2.05, 4.69) is 15.0 Å². The molecular weight excluding hydrogens is 495 g/mol. The Labute approximate surface area is 183 Å². The maximum Gasteiger partial charge on any atom is 0.241 e. The van der Waals surface area contributed by atoms with Crippen LogP contribution in [0.15, 0.2) is 46.3 Å². The number of thiophene rings is 1. The van der Waals surface area contributed by atoms with E-state index in [1.807, 2.05) is 63.2 Å². The molecule has 0 aliphatic rings. The van der Waals surface area contributed by atoms with E-state index in [0.717, 1.165) is 21.3 Å². The van der Waals surface area contributed by atoms with Crippen molar-refractivity contribution in [3.63, 3.8) is 0 Å². The third kappa shape index (κ3) is 7.40. The van der Waals surface area contributed by atoms with Crippen LogP contribution in [0.25, 0.3) is 0 Å². The van der Waals surface area contributed by atoms with Crippen LogP contribution in [-0.2, 0) is 16.6 Å². The molecule has 0 spiro atoms. The van der Waals surface area contributed by atoms with Crippen molar-refractivity contribution in [2.45, 2.75) is 25.3 Å². The normalized spacial score (nSPS) is 11.8. The van der Waals surface area contributed by atoms with Gasteiger partial charge in [-0.25, -0.2) is 18.1 Å². The van der Waals surface area contributed by atoms with Gasteiger partial charge in [-0.2, -0.15) is 0 Å². The van der Waals surface area contributed by atoms with Crippen molar-refractivity contribution >= 4 is 51.3 Å². The van der Waals surface area contributed by atoms with Crippen molar-refractivity contribution in [1.82, 2.24) is 14.9 Å². The molecular formula is C18H27IN4O2S2. The molecule has 0 bridgehead atoms. The molecule has 0 aliphatic carbocycles. The number of hydrogen-bond acceptors (Lipinski definition) is 4. The monoisotopic (exact) mass is 522 g/mol. The third-order valence-corrected chi connectivity index (χ3v) is 6.35. The van der Waals surface area contributed by atoms with Crippen LogP contribution in [0.5, 0.6) is 0 Å². The Morgan fingerprint density at radius 1 is 1.15 bits per heavy atom. The van der Waals surface area contributed by atoms with Crippen molar-refractivity contribution in [2.24, 2.45) is 4.99 Å². The van der Waals surface area contributed by atoms with E-state index in [-0.39, 0.29) is 30.5 Å². The van der Waals surface area contributed by atoms with Crippen LogP contribution in [0.4, 0.5) is 0 Å². The minimum absolute atomic E-state index is 0. The van der Waals surface area contributed by atoms with Gasteiger partial charge in [0.15, 0.2) is 5.96 Å². The number of hydrogen-bond donors (Lipinski definition) is 2. The highest BCUT2D eigenvalue weighted by Crippen LogP contribution is 2.24. The quantitative estimate of drug-likeness (QED) is 0.254. The first-order chi connectivity index (χ1) is 12.3. The van der Waals surface area contributed by atoms with Gasteiger partial charge in [-0.15, -0.1) is 35.3 Å². The number of nitrogens with zero attached hydrogens (tertiary/aromatic N) is 2. The molecule has 2 aromatic rings. The molecule has 0 unspecified atom stereocenters. The van der Waals surface area contributed by atoms with Crippen molar-refractivity contribution in [1.29, 1.82) is 0 Å². The zero-order chi connectivity index (χ0) is 19.2. The molecule has 1 aromatic carbocycles. The minimum atomic E-state index is -3.48. The van der Waals surface area contributed by atoms with Gasteiger partial charge >= 0.3 is 0 Å². The summed E-state index contributed by atoms with van der Waals surface area (Å²) in [5.74, 6) is 0.718. The van der Waals surface area contributed by atoms with Gasteiger partial charge in [-0.1, -0.05) is 30.3 Å². The number of aryl methyl sites for hydroxylation is 2. The Bertz CT molecular complexity index is 850. The predicted molar refractivity (Wildman–Crippen MR) is 124 cm³/mol. The fourth-order valence-corrected chi connectivity index (χ4v) is 5.00. The van der Waals surface area contributed by atoms with Crippen LogP contribution in [0.1, 0.15) is 15.3 Å².